The van der Waals surface area contributed by atoms with Gasteiger partial charge in [-0.05, 0) is 42.4 Å². The third-order valence-corrected chi connectivity index (χ3v) is 7.89. The highest BCUT2D eigenvalue weighted by Crippen LogP contribution is 2.50. The van der Waals surface area contributed by atoms with E-state index in [1.54, 1.807) is 6.20 Å². The predicted molar refractivity (Wildman–Crippen MR) is 124 cm³/mol. The number of fused-ring (bicyclic) bond motifs is 1. The maximum atomic E-state index is 13.3. The number of anilines is 2. The molecule has 1 aliphatic heterocycles. The zero-order chi connectivity index (χ0) is 24.1. The van der Waals surface area contributed by atoms with Crippen LogP contribution in [0.4, 0.5) is 24.8 Å². The van der Waals surface area contributed by atoms with Gasteiger partial charge in [0, 0.05) is 42.1 Å². The zero-order valence-electron chi connectivity index (χ0n) is 17.9. The third-order valence-electron chi connectivity index (χ3n) is 6.62. The first-order chi connectivity index (χ1) is 16.2. The maximum absolute atomic E-state index is 13.3. The molecule has 1 atom stereocenters. The monoisotopic (exact) mass is 507 g/mol. The quantitative estimate of drug-likeness (QED) is 0.498. The highest BCUT2D eigenvalue weighted by Gasteiger charge is 2.46. The van der Waals surface area contributed by atoms with E-state index < -0.39 is 11.7 Å². The molecule has 0 aromatic carbocycles. The minimum absolute atomic E-state index is 0.0312. The lowest BCUT2D eigenvalue weighted by molar-refractivity contribution is -0.140. The molecule has 4 heterocycles. The van der Waals surface area contributed by atoms with Crippen LogP contribution in [0.15, 0.2) is 46.7 Å². The summed E-state index contributed by atoms with van der Waals surface area (Å²) in [6, 6.07) is 5.06. The van der Waals surface area contributed by atoms with Crippen LogP contribution in [-0.4, -0.2) is 33.0 Å². The van der Waals surface area contributed by atoms with Crippen molar-refractivity contribution in [2.24, 2.45) is 11.1 Å². The van der Waals surface area contributed by atoms with Crippen LogP contribution in [0.1, 0.15) is 35.7 Å². The zero-order valence-corrected chi connectivity index (χ0v) is 19.5. The van der Waals surface area contributed by atoms with Crippen LogP contribution >= 0.6 is 23.4 Å². The van der Waals surface area contributed by atoms with Crippen molar-refractivity contribution in [2.75, 3.05) is 23.7 Å². The average molecular weight is 508 g/mol. The topological polar surface area (TPSA) is 107 Å². The fourth-order valence-corrected chi connectivity index (χ4v) is 5.89. The Hall–Kier alpha value is -2.63. The van der Waals surface area contributed by atoms with E-state index in [1.807, 2.05) is 6.07 Å². The number of rotatable bonds is 3. The molecule has 0 saturated carbocycles. The summed E-state index contributed by atoms with van der Waals surface area (Å²) in [4.78, 5) is 18.7. The van der Waals surface area contributed by atoms with Gasteiger partial charge in [0.2, 0.25) is 0 Å². The number of nitrogen functional groups attached to an aromatic ring is 1. The predicted octanol–water partition coefficient (Wildman–Crippen LogP) is 4.51. The highest BCUT2D eigenvalue weighted by molar-refractivity contribution is 7.99. The number of nitrogens with two attached hydrogens (primary N) is 2. The lowest BCUT2D eigenvalue weighted by Crippen LogP contribution is -2.44. The maximum Gasteiger partial charge on any atom is 0.418 e. The molecule has 1 fully saturated rings. The van der Waals surface area contributed by atoms with E-state index in [4.69, 9.17) is 23.1 Å². The van der Waals surface area contributed by atoms with Gasteiger partial charge in [0.25, 0.3) is 0 Å². The molecule has 1 spiro atoms. The smallest absolute Gasteiger partial charge is 0.381 e. The number of pyridine rings is 2. The van der Waals surface area contributed by atoms with E-state index in [0.717, 1.165) is 61.4 Å². The van der Waals surface area contributed by atoms with Crippen LogP contribution < -0.4 is 16.4 Å². The van der Waals surface area contributed by atoms with Gasteiger partial charge in [-0.25, -0.2) is 15.0 Å². The molecule has 2 aliphatic rings. The van der Waals surface area contributed by atoms with E-state index in [9.17, 15) is 13.2 Å². The number of hydrogen-bond donors (Lipinski definition) is 2. The van der Waals surface area contributed by atoms with E-state index in [0.29, 0.717) is 12.0 Å². The fraction of sp³-hybridized carbons (Fsp3) is 0.364. The summed E-state index contributed by atoms with van der Waals surface area (Å²) < 4.78 is 40.0. The van der Waals surface area contributed by atoms with Crippen molar-refractivity contribution >= 4 is 35.0 Å². The van der Waals surface area contributed by atoms with Gasteiger partial charge in [-0.15, -0.1) is 0 Å². The molecule has 3 aromatic rings. The Balaban J connectivity index is 1.31. The lowest BCUT2D eigenvalue weighted by Gasteiger charge is -2.42. The molecule has 0 unspecified atom stereocenters. The molecule has 4 N–H and O–H groups in total. The molecule has 178 valence electrons. The largest absolute Gasteiger partial charge is 0.418 e. The molecular formula is C22H21ClF3N7S. The van der Waals surface area contributed by atoms with Crippen molar-refractivity contribution in [1.29, 1.82) is 0 Å². The van der Waals surface area contributed by atoms with Crippen molar-refractivity contribution < 1.29 is 13.2 Å². The number of halogens is 4. The van der Waals surface area contributed by atoms with E-state index in [1.165, 1.54) is 6.20 Å². The average Bonchev–Trinajstić information content (AvgIpc) is 3.06. The molecule has 0 amide bonds. The molecule has 12 heteroatoms. The molecular weight excluding hydrogens is 487 g/mol. The van der Waals surface area contributed by atoms with Crippen LogP contribution in [-0.2, 0) is 12.6 Å². The van der Waals surface area contributed by atoms with Gasteiger partial charge >= 0.3 is 6.18 Å². The van der Waals surface area contributed by atoms with E-state index >= 15 is 0 Å². The molecule has 34 heavy (non-hydrogen) atoms. The molecule has 1 saturated heterocycles. The lowest BCUT2D eigenvalue weighted by atomic mass is 9.73. The van der Waals surface area contributed by atoms with Crippen LogP contribution in [0.5, 0.6) is 0 Å². The molecule has 0 radical (unpaired) electrons. The highest BCUT2D eigenvalue weighted by atomic mass is 35.5. The van der Waals surface area contributed by atoms with Gasteiger partial charge in [-0.2, -0.15) is 13.2 Å². The third kappa shape index (κ3) is 4.16. The molecule has 5 rings (SSSR count). The van der Waals surface area contributed by atoms with Crippen molar-refractivity contribution in [3.63, 3.8) is 0 Å². The number of nitrogens with zero attached hydrogens (tertiary/aromatic N) is 5. The summed E-state index contributed by atoms with van der Waals surface area (Å²) in [6.07, 6.45) is 2.06. The fourth-order valence-electron chi connectivity index (χ4n) is 4.75. The molecule has 7 nitrogen and oxygen atoms in total. The standard InChI is InChI=1S/C22H21ClF3N7S/c23-16-8-15(13(10-30-16)22(24,25)26)34-20-19(28)32-17(11-31-20)33-6-3-21(4-7-33)9-14-12(18(21)27)2-1-5-29-14/h1-2,5,8,10-11,18H,3-4,6-7,9,27H2,(H2,28,32)/t18-/m1/s1. The molecule has 1 aliphatic carbocycles. The summed E-state index contributed by atoms with van der Waals surface area (Å²) in [7, 11) is 0. The van der Waals surface area contributed by atoms with Crippen molar-refractivity contribution in [2.45, 2.75) is 41.4 Å². The first-order valence-corrected chi connectivity index (χ1v) is 11.8. The number of piperidine rings is 1. The van der Waals surface area contributed by atoms with Gasteiger partial charge in [-0.3, -0.25) is 4.98 Å². The molecule has 3 aromatic heterocycles. The Kier molecular flexibility index (Phi) is 5.81. The molecule has 0 bridgehead atoms. The van der Waals surface area contributed by atoms with Crippen LogP contribution in [0.25, 0.3) is 0 Å². The Morgan fingerprint density at radius 3 is 2.59 bits per heavy atom. The SMILES string of the molecule is Nc1nc(N2CCC3(CC2)Cc2ncccc2[C@H]3N)cnc1Sc1cc(Cl)ncc1C(F)(F)F. The summed E-state index contributed by atoms with van der Waals surface area (Å²) in [5.41, 5.74) is 14.0. The Labute approximate surface area is 203 Å². The van der Waals surface area contributed by atoms with Crippen molar-refractivity contribution in [3.8, 4) is 0 Å². The Morgan fingerprint density at radius 1 is 1.15 bits per heavy atom. The van der Waals surface area contributed by atoms with Crippen molar-refractivity contribution in [1.82, 2.24) is 19.9 Å². The first kappa shape index (κ1) is 23.1. The van der Waals surface area contributed by atoms with Crippen LogP contribution in [0, 0.1) is 5.41 Å². The second-order valence-corrected chi connectivity index (χ2v) is 9.98. The number of aromatic nitrogens is 4. The van der Waals surface area contributed by atoms with E-state index in [2.05, 4.69) is 30.9 Å². The van der Waals surface area contributed by atoms with E-state index in [-0.39, 0.29) is 32.3 Å². The van der Waals surface area contributed by atoms with Crippen molar-refractivity contribution in [3.05, 3.63) is 58.8 Å². The van der Waals surface area contributed by atoms with Gasteiger partial charge in [0.05, 0.1) is 11.8 Å². The summed E-state index contributed by atoms with van der Waals surface area (Å²) in [5, 5.41) is 0.118. The number of alkyl halides is 3. The second-order valence-electron chi connectivity index (χ2n) is 8.56. The Bertz CT molecular complexity index is 1230. The van der Waals surface area contributed by atoms with Crippen LogP contribution in [0.3, 0.4) is 0 Å². The van der Waals surface area contributed by atoms with Gasteiger partial charge in [0.15, 0.2) is 5.82 Å². The summed E-state index contributed by atoms with van der Waals surface area (Å²) in [5.74, 6) is 0.640. The minimum atomic E-state index is -4.58. The normalized spacial score (nSPS) is 19.4. The van der Waals surface area contributed by atoms with Gasteiger partial charge in [0.1, 0.15) is 16.0 Å². The Morgan fingerprint density at radius 2 is 1.91 bits per heavy atom. The first-order valence-electron chi connectivity index (χ1n) is 10.6. The number of hydrogen-bond acceptors (Lipinski definition) is 8. The summed E-state index contributed by atoms with van der Waals surface area (Å²) in [6.45, 7) is 1.45. The van der Waals surface area contributed by atoms with Gasteiger partial charge < -0.3 is 16.4 Å². The van der Waals surface area contributed by atoms with Gasteiger partial charge in [-0.1, -0.05) is 29.4 Å². The summed E-state index contributed by atoms with van der Waals surface area (Å²) >= 11 is 6.57. The van der Waals surface area contributed by atoms with Crippen LogP contribution in [0.2, 0.25) is 5.15 Å². The minimum Gasteiger partial charge on any atom is -0.381 e. The second kappa shape index (κ2) is 8.54.